The Morgan fingerprint density at radius 1 is 0.462 bits per heavy atom. The summed E-state index contributed by atoms with van der Waals surface area (Å²) in [6.07, 6.45) is -14.1. The van der Waals surface area contributed by atoms with E-state index < -0.39 is 69.2 Å². The van der Waals surface area contributed by atoms with E-state index in [0.717, 1.165) is 0 Å². The molecule has 6 nitrogen and oxygen atoms in total. The summed E-state index contributed by atoms with van der Waals surface area (Å²) in [5.41, 5.74) is -14.3. The third-order valence-electron chi connectivity index (χ3n) is 2.18. The summed E-state index contributed by atoms with van der Waals surface area (Å²) in [4.78, 5) is 0. The number of sulfone groups is 3. The molecule has 0 amide bonds. The van der Waals surface area contributed by atoms with Crippen LogP contribution in [0.5, 0.6) is 0 Å². The van der Waals surface area contributed by atoms with Crippen molar-refractivity contribution in [3.63, 3.8) is 0 Å². The summed E-state index contributed by atoms with van der Waals surface area (Å²) in [7, 11) is -21.3. The molecule has 3 atom stereocenters. The second-order valence-corrected chi connectivity index (χ2v) is 10.6. The second-order valence-electron chi connectivity index (χ2n) is 3.94. The summed E-state index contributed by atoms with van der Waals surface area (Å²) in [5.74, 6) is 0. The minimum Gasteiger partial charge on any atom is -0.257 e. The van der Waals surface area contributed by atoms with Crippen LogP contribution in [0.1, 0.15) is 0 Å². The van der Waals surface area contributed by atoms with Crippen LogP contribution in [0.4, 0.5) is 39.5 Å². The van der Waals surface area contributed by atoms with E-state index in [1.165, 1.54) is 0 Å². The van der Waals surface area contributed by atoms with Gasteiger partial charge in [-0.3, -0.25) is 25.3 Å². The molecule has 0 N–H and O–H groups in total. The first-order valence-corrected chi connectivity index (χ1v) is 9.92. The molecule has 19 heteroatoms. The monoisotopic (exact) mass is 460 g/mol. The van der Waals surface area contributed by atoms with Gasteiger partial charge < -0.3 is 0 Å². The Morgan fingerprint density at radius 3 is 0.731 bits per heavy atom. The second kappa shape index (κ2) is 9.34. The SMILES string of the molecule is O=S(=O)([C-](S(=O)(=O)C(F)C(F)F)S(=O)(=O)C(F)C(F)F)C(F)C(F)F.[Li+]. The van der Waals surface area contributed by atoms with E-state index in [0.29, 0.717) is 0 Å². The number of hydrogen-bond acceptors (Lipinski definition) is 6. The molecule has 0 saturated carbocycles. The van der Waals surface area contributed by atoms with Crippen LogP contribution in [0.25, 0.3) is 0 Å². The summed E-state index contributed by atoms with van der Waals surface area (Å²) in [5, 5.41) is 0. The predicted octanol–water partition coefficient (Wildman–Crippen LogP) is -1.64. The minimum absolute atomic E-state index is 0. The molecule has 0 rings (SSSR count). The molecule has 0 heterocycles. The predicted molar refractivity (Wildman–Crippen MR) is 62.7 cm³/mol. The maximum Gasteiger partial charge on any atom is 1.00 e. The molecule has 0 spiro atoms. The molecule has 0 radical (unpaired) electrons. The summed E-state index contributed by atoms with van der Waals surface area (Å²) in [6, 6.07) is 0. The smallest absolute Gasteiger partial charge is 0.257 e. The fraction of sp³-hybridized carbons (Fsp3) is 0.857. The van der Waals surface area contributed by atoms with Crippen LogP contribution in [0.2, 0.25) is 0 Å². The van der Waals surface area contributed by atoms with Crippen molar-refractivity contribution in [2.24, 2.45) is 0 Å². The van der Waals surface area contributed by atoms with Crippen LogP contribution in [0.3, 0.4) is 0 Å². The van der Waals surface area contributed by atoms with Crippen molar-refractivity contribution in [1.82, 2.24) is 0 Å². The summed E-state index contributed by atoms with van der Waals surface area (Å²) < 4.78 is 176. The average Bonchev–Trinajstić information content (AvgIpc) is 2.42. The topological polar surface area (TPSA) is 102 Å². The van der Waals surface area contributed by atoms with Gasteiger partial charge in [-0.15, -0.1) is 0 Å². The maximum absolute atomic E-state index is 13.0. The van der Waals surface area contributed by atoms with Gasteiger partial charge in [-0.1, -0.05) is 0 Å². The van der Waals surface area contributed by atoms with Gasteiger partial charge >= 0.3 is 18.9 Å². The third kappa shape index (κ3) is 5.42. The number of halogens is 9. The zero-order chi connectivity index (χ0) is 20.5. The van der Waals surface area contributed by atoms with Crippen molar-refractivity contribution >= 4 is 29.5 Å². The van der Waals surface area contributed by atoms with Gasteiger partial charge in [0.1, 0.15) is 0 Å². The fourth-order valence-corrected chi connectivity index (χ4v) is 8.07. The Labute approximate surface area is 153 Å². The number of alkyl halides is 9. The zero-order valence-corrected chi connectivity index (χ0v) is 14.5. The van der Waals surface area contributed by atoms with Gasteiger partial charge in [0.05, 0.1) is 33.4 Å². The van der Waals surface area contributed by atoms with Gasteiger partial charge in [0.15, 0.2) is 0 Å². The molecule has 0 aliphatic rings. The van der Waals surface area contributed by atoms with Gasteiger partial charge in [0.25, 0.3) is 19.3 Å². The largest absolute Gasteiger partial charge is 1.00 e. The molecule has 0 aromatic carbocycles. The van der Waals surface area contributed by atoms with Gasteiger partial charge in [0, 0.05) is 0 Å². The molecular formula is C7H6F9LiO6S3. The molecule has 0 aliphatic heterocycles. The van der Waals surface area contributed by atoms with Crippen LogP contribution >= 0.6 is 0 Å². The Kier molecular flexibility index (Phi) is 10.1. The van der Waals surface area contributed by atoms with Crippen molar-refractivity contribution in [3.8, 4) is 0 Å². The number of hydrogen-bond donors (Lipinski definition) is 0. The van der Waals surface area contributed by atoms with Crippen molar-refractivity contribution in [3.05, 3.63) is 3.91 Å². The first-order chi connectivity index (χ1) is 10.9. The standard InChI is InChI=1S/C7H6F9O6S3.Li/c8-1(9)4(14)23(17,18)7(24(19,20)5(15)2(10)11)25(21,22)6(16)3(12)13;/h1-6H;/q-1;+1. The van der Waals surface area contributed by atoms with E-state index >= 15 is 0 Å². The van der Waals surface area contributed by atoms with Crippen LogP contribution in [-0.4, -0.2) is 61.0 Å². The molecule has 152 valence electrons. The fourth-order valence-electron chi connectivity index (χ4n) is 1.17. The van der Waals surface area contributed by atoms with Crippen molar-refractivity contribution in [1.29, 1.82) is 0 Å². The van der Waals surface area contributed by atoms with Crippen molar-refractivity contribution in [2.75, 3.05) is 0 Å². The van der Waals surface area contributed by atoms with Gasteiger partial charge in [-0.05, 0) is 0 Å². The third-order valence-corrected chi connectivity index (χ3v) is 10.2. The average molecular weight is 460 g/mol. The van der Waals surface area contributed by atoms with E-state index in [1.807, 2.05) is 0 Å². The van der Waals surface area contributed by atoms with E-state index in [4.69, 9.17) is 0 Å². The first kappa shape index (κ1) is 28.0. The molecule has 0 aromatic heterocycles. The Balaban J connectivity index is 0. The molecule has 3 unspecified atom stereocenters. The van der Waals surface area contributed by atoms with Crippen molar-refractivity contribution < 1.29 is 83.6 Å². The Hall–Kier alpha value is -0.183. The van der Waals surface area contributed by atoms with Gasteiger partial charge in [-0.2, -0.15) is 0 Å². The zero-order valence-electron chi connectivity index (χ0n) is 12.0. The maximum atomic E-state index is 13.0. The molecule has 0 fully saturated rings. The Morgan fingerprint density at radius 2 is 0.615 bits per heavy atom. The van der Waals surface area contributed by atoms with E-state index in [9.17, 15) is 64.8 Å². The van der Waals surface area contributed by atoms with E-state index in [-0.39, 0.29) is 18.9 Å². The van der Waals surface area contributed by atoms with E-state index in [2.05, 4.69) is 0 Å². The van der Waals surface area contributed by atoms with Crippen LogP contribution in [0, 0.1) is 3.91 Å². The van der Waals surface area contributed by atoms with Crippen molar-refractivity contribution in [2.45, 2.75) is 35.8 Å². The van der Waals surface area contributed by atoms with Crippen LogP contribution in [0.15, 0.2) is 0 Å². The molecule has 0 aliphatic carbocycles. The van der Waals surface area contributed by atoms with E-state index in [1.54, 1.807) is 0 Å². The molecule has 26 heavy (non-hydrogen) atoms. The van der Waals surface area contributed by atoms with Gasteiger partial charge in [0.2, 0.25) is 16.5 Å². The quantitative estimate of drug-likeness (QED) is 0.233. The summed E-state index contributed by atoms with van der Waals surface area (Å²) in [6.45, 7) is 0. The first-order valence-electron chi connectivity index (χ1n) is 5.28. The van der Waals surface area contributed by atoms with Crippen LogP contribution < -0.4 is 18.9 Å². The Bertz CT molecular complexity index is 663. The minimum atomic E-state index is -7.10. The normalized spacial score (nSPS) is 17.4. The van der Waals surface area contributed by atoms with Crippen LogP contribution in [-0.2, 0) is 29.5 Å². The number of rotatable bonds is 9. The molecule has 0 saturated heterocycles. The molecule has 0 bridgehead atoms. The molecular weight excluding hydrogens is 454 g/mol. The molecule has 0 aromatic rings. The summed E-state index contributed by atoms with van der Waals surface area (Å²) >= 11 is 0. The van der Waals surface area contributed by atoms with Gasteiger partial charge in [-0.25, -0.2) is 39.5 Å².